The highest BCUT2D eigenvalue weighted by Crippen LogP contribution is 2.71. The van der Waals surface area contributed by atoms with Gasteiger partial charge in [0.25, 0.3) is 0 Å². The van der Waals surface area contributed by atoms with Crippen LogP contribution in [0.5, 0.6) is 0 Å². The number of methoxy groups -OCH3 is 1. The van der Waals surface area contributed by atoms with Gasteiger partial charge in [0.1, 0.15) is 0 Å². The molecule has 6 nitrogen and oxygen atoms in total. The molecule has 1 aromatic rings. The fourth-order valence-corrected chi connectivity index (χ4v) is 8.54. The third-order valence-electron chi connectivity index (χ3n) is 9.91. The van der Waals surface area contributed by atoms with Crippen LogP contribution in [0.3, 0.4) is 0 Å². The first-order valence-electron chi connectivity index (χ1n) is 12.0. The maximum absolute atomic E-state index is 13.7. The van der Waals surface area contributed by atoms with Gasteiger partial charge in [-0.25, -0.2) is 0 Å². The minimum atomic E-state index is -0.747. The molecule has 9 atom stereocenters. The summed E-state index contributed by atoms with van der Waals surface area (Å²) in [5.74, 6) is -0.281. The van der Waals surface area contributed by atoms with Gasteiger partial charge in [0, 0.05) is 28.1 Å². The van der Waals surface area contributed by atoms with E-state index in [1.165, 1.54) is 18.3 Å². The molecule has 0 unspecified atom stereocenters. The number of esters is 1. The predicted octanol–water partition coefficient (Wildman–Crippen LogP) is 4.22. The van der Waals surface area contributed by atoms with E-state index in [4.69, 9.17) is 18.6 Å². The Balaban J connectivity index is 1.56. The summed E-state index contributed by atoms with van der Waals surface area (Å²) < 4.78 is 23.8. The smallest absolute Gasteiger partial charge is 0.305 e. The summed E-state index contributed by atoms with van der Waals surface area (Å²) in [4.78, 5) is 26.4. The number of fused-ring (bicyclic) bond motifs is 4. The van der Waals surface area contributed by atoms with Crippen molar-refractivity contribution >= 4 is 11.8 Å². The van der Waals surface area contributed by atoms with E-state index < -0.39 is 10.8 Å². The van der Waals surface area contributed by atoms with E-state index in [2.05, 4.69) is 27.7 Å². The number of hydrogen-bond acceptors (Lipinski definition) is 6. The largest absolute Gasteiger partial charge is 0.472 e. The Kier molecular flexibility index (Phi) is 4.33. The molecule has 5 aliphatic rings. The van der Waals surface area contributed by atoms with Crippen LogP contribution in [0.2, 0.25) is 0 Å². The van der Waals surface area contributed by atoms with Gasteiger partial charge in [0.05, 0.1) is 51.0 Å². The fourth-order valence-electron chi connectivity index (χ4n) is 8.54. The van der Waals surface area contributed by atoms with Gasteiger partial charge in [0.15, 0.2) is 5.78 Å². The molecule has 0 amide bonds. The summed E-state index contributed by atoms with van der Waals surface area (Å²) in [7, 11) is 1.42. The highest BCUT2D eigenvalue weighted by atomic mass is 16.6. The predicted molar refractivity (Wildman–Crippen MR) is 119 cm³/mol. The fraction of sp³-hybridized carbons (Fsp3) is 0.630. The summed E-state index contributed by atoms with van der Waals surface area (Å²) >= 11 is 0. The van der Waals surface area contributed by atoms with Crippen LogP contribution < -0.4 is 0 Å². The Morgan fingerprint density at radius 2 is 2.03 bits per heavy atom. The number of ketones is 1. The van der Waals surface area contributed by atoms with E-state index in [1.807, 2.05) is 12.1 Å². The number of hydrogen-bond donors (Lipinski definition) is 0. The number of carbonyl (C=O) groups excluding carboxylic acids is 2. The van der Waals surface area contributed by atoms with Gasteiger partial charge in [-0.2, -0.15) is 0 Å². The van der Waals surface area contributed by atoms with Gasteiger partial charge >= 0.3 is 5.97 Å². The van der Waals surface area contributed by atoms with E-state index in [9.17, 15) is 9.59 Å². The number of allylic oxidation sites excluding steroid dienone is 2. The van der Waals surface area contributed by atoms with Crippen LogP contribution in [0.15, 0.2) is 46.3 Å². The lowest BCUT2D eigenvalue weighted by Crippen LogP contribution is -2.66. The molecule has 0 bridgehead atoms. The maximum Gasteiger partial charge on any atom is 0.305 e. The molecular weight excluding hydrogens is 420 g/mol. The first-order valence-corrected chi connectivity index (χ1v) is 12.0. The summed E-state index contributed by atoms with van der Waals surface area (Å²) in [6, 6.07) is 2.01. The van der Waals surface area contributed by atoms with Crippen LogP contribution in [0.4, 0.5) is 0 Å². The van der Waals surface area contributed by atoms with E-state index in [0.29, 0.717) is 6.61 Å². The summed E-state index contributed by atoms with van der Waals surface area (Å²) in [6.45, 7) is 9.17. The zero-order chi connectivity index (χ0) is 23.3. The quantitative estimate of drug-likeness (QED) is 0.505. The highest BCUT2D eigenvalue weighted by molar-refractivity contribution is 5.97. The molecule has 2 aliphatic heterocycles. The second kappa shape index (κ2) is 6.70. The first-order chi connectivity index (χ1) is 15.7. The van der Waals surface area contributed by atoms with E-state index >= 15 is 0 Å². The molecule has 33 heavy (non-hydrogen) atoms. The minimum absolute atomic E-state index is 0.0420. The monoisotopic (exact) mass is 452 g/mol. The Morgan fingerprint density at radius 1 is 1.24 bits per heavy atom. The number of furan rings is 1. The van der Waals surface area contributed by atoms with Crippen molar-refractivity contribution in [2.45, 2.75) is 64.8 Å². The summed E-state index contributed by atoms with van der Waals surface area (Å²) in [5.41, 5.74) is 2.14. The molecule has 0 radical (unpaired) electrons. The van der Waals surface area contributed by atoms with Gasteiger partial charge in [-0.3, -0.25) is 9.59 Å². The van der Waals surface area contributed by atoms with Crippen molar-refractivity contribution in [1.82, 2.24) is 0 Å². The number of rotatable bonds is 3. The number of ether oxygens (including phenoxy) is 3. The standard InChI is InChI=1S/C27H32O6/c1-14-16(15-7-9-31-12-15)10-17-21(14)27(4)18(11-20(29)30-5)26(3)19(28)6-8-25(2)13-32-22(23(25)26)24(27)33-17/h6-9,12,16-18,22-24H,10-11,13H2,1-5H3/t16-,17-,18-,22-,23-,24-,25-,26+,27-/m1/s1. The van der Waals surface area contributed by atoms with Crippen molar-refractivity contribution in [1.29, 1.82) is 0 Å². The third kappa shape index (κ3) is 2.46. The van der Waals surface area contributed by atoms with Crippen LogP contribution in [-0.2, 0) is 23.8 Å². The minimum Gasteiger partial charge on any atom is -0.472 e. The van der Waals surface area contributed by atoms with E-state index in [1.54, 1.807) is 18.6 Å². The van der Waals surface area contributed by atoms with Crippen molar-refractivity contribution in [2.24, 2.45) is 28.1 Å². The van der Waals surface area contributed by atoms with Gasteiger partial charge in [-0.05, 0) is 42.5 Å². The zero-order valence-corrected chi connectivity index (χ0v) is 19.9. The van der Waals surface area contributed by atoms with Crippen molar-refractivity contribution in [2.75, 3.05) is 13.7 Å². The van der Waals surface area contributed by atoms with Gasteiger partial charge in [0.2, 0.25) is 0 Å². The normalized spacial score (nSPS) is 47.5. The Hall–Kier alpha value is -2.18. The molecule has 6 rings (SSSR count). The van der Waals surface area contributed by atoms with Crippen LogP contribution in [0, 0.1) is 28.1 Å². The Bertz CT molecular complexity index is 1080. The van der Waals surface area contributed by atoms with Crippen LogP contribution in [0.1, 0.15) is 52.0 Å². The highest BCUT2D eigenvalue weighted by Gasteiger charge is 2.75. The van der Waals surface area contributed by atoms with Crippen molar-refractivity contribution in [3.8, 4) is 0 Å². The van der Waals surface area contributed by atoms with Gasteiger partial charge in [-0.15, -0.1) is 0 Å². The lowest BCUT2D eigenvalue weighted by molar-refractivity contribution is -0.188. The molecule has 1 aromatic heterocycles. The average molecular weight is 453 g/mol. The second-order valence-corrected chi connectivity index (χ2v) is 11.3. The molecule has 3 fully saturated rings. The van der Waals surface area contributed by atoms with Crippen LogP contribution in [-0.4, -0.2) is 43.8 Å². The summed E-state index contributed by atoms with van der Waals surface area (Å²) in [6.07, 6.45) is 7.85. The first kappa shape index (κ1) is 21.4. The number of carbonyl (C=O) groups is 2. The molecule has 2 saturated heterocycles. The maximum atomic E-state index is 13.7. The lowest BCUT2D eigenvalue weighted by Gasteiger charge is -2.60. The van der Waals surface area contributed by atoms with Crippen molar-refractivity contribution < 1.29 is 28.2 Å². The lowest BCUT2D eigenvalue weighted by atomic mass is 9.42. The van der Waals surface area contributed by atoms with Crippen molar-refractivity contribution in [3.05, 3.63) is 47.5 Å². The molecular formula is C27H32O6. The molecule has 1 saturated carbocycles. The third-order valence-corrected chi connectivity index (χ3v) is 9.91. The molecule has 6 heteroatoms. The van der Waals surface area contributed by atoms with Crippen molar-refractivity contribution in [3.63, 3.8) is 0 Å². The summed E-state index contributed by atoms with van der Waals surface area (Å²) in [5, 5.41) is 0. The average Bonchev–Trinajstić information content (AvgIpc) is 3.54. The molecule has 3 aliphatic carbocycles. The van der Waals surface area contributed by atoms with Crippen LogP contribution in [0.25, 0.3) is 0 Å². The SMILES string of the molecule is COC(=O)C[C@H]1[C@]2(C)C3=C(C)[C@H](c4ccoc4)C[C@H]3O[C@@H]2[C@@H]2OC[C@@]3(C)C=CC(=O)[C@@]1(C)[C@H]23. The second-order valence-electron chi connectivity index (χ2n) is 11.3. The Morgan fingerprint density at radius 3 is 2.73 bits per heavy atom. The topological polar surface area (TPSA) is 75.0 Å². The molecule has 0 aromatic carbocycles. The Labute approximate surface area is 194 Å². The zero-order valence-electron chi connectivity index (χ0n) is 19.9. The molecule has 0 N–H and O–H groups in total. The van der Waals surface area contributed by atoms with Gasteiger partial charge in [-0.1, -0.05) is 32.4 Å². The van der Waals surface area contributed by atoms with E-state index in [-0.39, 0.29) is 59.7 Å². The molecule has 176 valence electrons. The van der Waals surface area contributed by atoms with Gasteiger partial charge < -0.3 is 18.6 Å². The van der Waals surface area contributed by atoms with E-state index in [0.717, 1.165) is 12.0 Å². The molecule has 0 spiro atoms. The van der Waals surface area contributed by atoms with Crippen LogP contribution >= 0.6 is 0 Å². The molecule has 3 heterocycles.